The smallest absolute Gasteiger partial charge is 0.0658 e. The number of nitrogens with one attached hydrogen (secondary N) is 1. The third-order valence-electron chi connectivity index (χ3n) is 1.58. The van der Waals surface area contributed by atoms with Crippen LogP contribution in [0.25, 0.3) is 0 Å². The molecule has 0 bridgehead atoms. The van der Waals surface area contributed by atoms with Crippen molar-refractivity contribution in [3.05, 3.63) is 12.8 Å². The summed E-state index contributed by atoms with van der Waals surface area (Å²) >= 11 is 0. The topological polar surface area (TPSA) is 32.3 Å². The maximum Gasteiger partial charge on any atom is 0.0658 e. The van der Waals surface area contributed by atoms with Gasteiger partial charge in [-0.25, -0.2) is 0 Å². The van der Waals surface area contributed by atoms with Gasteiger partial charge in [0.25, 0.3) is 0 Å². The van der Waals surface area contributed by atoms with Crippen molar-refractivity contribution >= 4 is 0 Å². The Bertz CT molecular complexity index is 86.9. The molecule has 0 saturated carbocycles. The average Bonchev–Trinajstić information content (AvgIpc) is 1.89. The molecule has 2 heteroatoms. The number of rotatable bonds is 4. The molecule has 0 heterocycles. The first kappa shape index (κ1) is 8.50. The quantitative estimate of drug-likeness (QED) is 0.590. The molecule has 0 aromatic heterocycles. The van der Waals surface area contributed by atoms with Gasteiger partial charge < -0.3 is 10.4 Å². The summed E-state index contributed by atoms with van der Waals surface area (Å²) in [6, 6.07) is 0. The lowest BCUT2D eigenvalue weighted by atomic mass is 10.0. The lowest BCUT2D eigenvalue weighted by Crippen LogP contribution is -2.41. The molecule has 0 aromatic carbocycles. The normalized spacial score (nSPS) is 16.3. The molecule has 1 unspecified atom stereocenters. The summed E-state index contributed by atoms with van der Waals surface area (Å²) in [6.45, 7) is 7.64. The van der Waals surface area contributed by atoms with Crippen LogP contribution in [0, 0.1) is 0 Å². The molecular weight excluding hydrogens is 114 g/mol. The Morgan fingerprint density at radius 1 is 1.78 bits per heavy atom. The average molecular weight is 129 g/mol. The predicted octanol–water partition coefficient (Wildman–Crippen LogP) is 0.880. The summed E-state index contributed by atoms with van der Waals surface area (Å²) in [5.41, 5.74) is -0.179. The third-order valence-corrected chi connectivity index (χ3v) is 1.58. The van der Waals surface area contributed by atoms with Crippen LogP contribution in [0.1, 0.15) is 20.3 Å². The van der Waals surface area contributed by atoms with E-state index in [1.54, 1.807) is 6.20 Å². The SMILES string of the molecule is C=CNC(C)(CC)CO. The van der Waals surface area contributed by atoms with Crippen LogP contribution in [-0.2, 0) is 0 Å². The molecule has 0 aromatic rings. The van der Waals surface area contributed by atoms with E-state index < -0.39 is 0 Å². The standard InChI is InChI=1S/C7H15NO/c1-4-7(3,6-9)8-5-2/h5,8-9H,2,4,6H2,1,3H3. The van der Waals surface area contributed by atoms with Gasteiger partial charge in [-0.05, 0) is 19.5 Å². The fourth-order valence-corrected chi connectivity index (χ4v) is 0.506. The monoisotopic (exact) mass is 129 g/mol. The first-order valence-corrected chi connectivity index (χ1v) is 3.18. The Morgan fingerprint density at radius 3 is 2.44 bits per heavy atom. The van der Waals surface area contributed by atoms with E-state index in [2.05, 4.69) is 11.9 Å². The highest BCUT2D eigenvalue weighted by molar-refractivity contribution is 4.85. The van der Waals surface area contributed by atoms with Gasteiger partial charge in [0.1, 0.15) is 0 Å². The maximum atomic E-state index is 8.81. The third kappa shape index (κ3) is 2.51. The van der Waals surface area contributed by atoms with Gasteiger partial charge in [-0.1, -0.05) is 13.5 Å². The zero-order valence-electron chi connectivity index (χ0n) is 6.15. The second-order valence-electron chi connectivity index (χ2n) is 2.42. The number of aliphatic hydroxyl groups excluding tert-OH is 1. The van der Waals surface area contributed by atoms with E-state index in [1.165, 1.54) is 0 Å². The minimum absolute atomic E-state index is 0.148. The minimum atomic E-state index is -0.179. The van der Waals surface area contributed by atoms with E-state index in [9.17, 15) is 0 Å². The molecule has 54 valence electrons. The molecule has 0 aliphatic rings. The van der Waals surface area contributed by atoms with Crippen LogP contribution < -0.4 is 5.32 Å². The lowest BCUT2D eigenvalue weighted by molar-refractivity contribution is 0.184. The molecule has 0 amide bonds. The molecule has 2 N–H and O–H groups in total. The van der Waals surface area contributed by atoms with Crippen molar-refractivity contribution < 1.29 is 5.11 Å². The van der Waals surface area contributed by atoms with Crippen molar-refractivity contribution in [1.82, 2.24) is 5.32 Å². The zero-order chi connectivity index (χ0) is 7.33. The largest absolute Gasteiger partial charge is 0.394 e. The molecule has 0 fully saturated rings. The van der Waals surface area contributed by atoms with E-state index in [0.29, 0.717) is 0 Å². The Hall–Kier alpha value is -0.500. The molecule has 0 aliphatic heterocycles. The Balaban J connectivity index is 3.75. The van der Waals surface area contributed by atoms with Crippen molar-refractivity contribution in [2.24, 2.45) is 0 Å². The molecule has 1 atom stereocenters. The van der Waals surface area contributed by atoms with Gasteiger partial charge >= 0.3 is 0 Å². The van der Waals surface area contributed by atoms with E-state index in [4.69, 9.17) is 5.11 Å². The molecule has 0 spiro atoms. The van der Waals surface area contributed by atoms with Gasteiger partial charge in [0.2, 0.25) is 0 Å². The van der Waals surface area contributed by atoms with Crippen molar-refractivity contribution in [3.8, 4) is 0 Å². The highest BCUT2D eigenvalue weighted by Crippen LogP contribution is 2.06. The second-order valence-corrected chi connectivity index (χ2v) is 2.42. The first-order chi connectivity index (χ1) is 4.18. The molecule has 0 aliphatic carbocycles. The lowest BCUT2D eigenvalue weighted by Gasteiger charge is -2.25. The molecule has 2 nitrogen and oxygen atoms in total. The summed E-state index contributed by atoms with van der Waals surface area (Å²) in [6.07, 6.45) is 2.51. The Morgan fingerprint density at radius 2 is 2.33 bits per heavy atom. The summed E-state index contributed by atoms with van der Waals surface area (Å²) < 4.78 is 0. The summed E-state index contributed by atoms with van der Waals surface area (Å²) in [7, 11) is 0. The van der Waals surface area contributed by atoms with Gasteiger partial charge in [0.05, 0.1) is 12.1 Å². The minimum Gasteiger partial charge on any atom is -0.394 e. The van der Waals surface area contributed by atoms with Gasteiger partial charge in [-0.2, -0.15) is 0 Å². The van der Waals surface area contributed by atoms with Gasteiger partial charge in [0, 0.05) is 0 Å². The van der Waals surface area contributed by atoms with Crippen molar-refractivity contribution in [1.29, 1.82) is 0 Å². The summed E-state index contributed by atoms with van der Waals surface area (Å²) in [5.74, 6) is 0. The van der Waals surface area contributed by atoms with Crippen LogP contribution in [0.3, 0.4) is 0 Å². The highest BCUT2D eigenvalue weighted by atomic mass is 16.3. The van der Waals surface area contributed by atoms with Crippen molar-refractivity contribution in [2.75, 3.05) is 6.61 Å². The predicted molar refractivity (Wildman–Crippen MR) is 39.1 cm³/mol. The summed E-state index contributed by atoms with van der Waals surface area (Å²) in [5, 5.41) is 11.8. The van der Waals surface area contributed by atoms with E-state index in [1.807, 2.05) is 13.8 Å². The van der Waals surface area contributed by atoms with Crippen LogP contribution >= 0.6 is 0 Å². The molecule has 0 rings (SSSR count). The molecular formula is C7H15NO. The highest BCUT2D eigenvalue weighted by Gasteiger charge is 2.17. The van der Waals surface area contributed by atoms with Crippen LogP contribution in [0.4, 0.5) is 0 Å². The molecule has 0 saturated heterocycles. The van der Waals surface area contributed by atoms with Crippen LogP contribution in [0.5, 0.6) is 0 Å². The summed E-state index contributed by atoms with van der Waals surface area (Å²) in [4.78, 5) is 0. The fraction of sp³-hybridized carbons (Fsp3) is 0.714. The zero-order valence-corrected chi connectivity index (χ0v) is 6.15. The van der Waals surface area contributed by atoms with Crippen molar-refractivity contribution in [3.63, 3.8) is 0 Å². The van der Waals surface area contributed by atoms with Gasteiger partial charge in [-0.3, -0.25) is 0 Å². The maximum absolute atomic E-state index is 8.81. The first-order valence-electron chi connectivity index (χ1n) is 3.18. The Labute approximate surface area is 56.6 Å². The van der Waals surface area contributed by atoms with E-state index in [0.717, 1.165) is 6.42 Å². The van der Waals surface area contributed by atoms with Gasteiger partial charge in [0.15, 0.2) is 0 Å². The molecule has 9 heavy (non-hydrogen) atoms. The Kier molecular flexibility index (Phi) is 3.32. The fourth-order valence-electron chi connectivity index (χ4n) is 0.506. The number of hydrogen-bond donors (Lipinski definition) is 2. The van der Waals surface area contributed by atoms with Crippen molar-refractivity contribution in [2.45, 2.75) is 25.8 Å². The van der Waals surface area contributed by atoms with E-state index >= 15 is 0 Å². The van der Waals surface area contributed by atoms with Crippen LogP contribution in [0.15, 0.2) is 12.8 Å². The number of aliphatic hydroxyl groups is 1. The molecule has 0 radical (unpaired) electrons. The van der Waals surface area contributed by atoms with Crippen LogP contribution in [0.2, 0.25) is 0 Å². The second kappa shape index (κ2) is 3.51. The number of hydrogen-bond acceptors (Lipinski definition) is 2. The van der Waals surface area contributed by atoms with E-state index in [-0.39, 0.29) is 12.1 Å². The van der Waals surface area contributed by atoms with Crippen LogP contribution in [-0.4, -0.2) is 17.3 Å². The van der Waals surface area contributed by atoms with Gasteiger partial charge in [-0.15, -0.1) is 0 Å².